The van der Waals surface area contributed by atoms with Crippen LogP contribution in [-0.4, -0.2) is 6.54 Å². The first-order chi connectivity index (χ1) is 8.20. The van der Waals surface area contributed by atoms with E-state index in [1.165, 1.54) is 0 Å². The van der Waals surface area contributed by atoms with E-state index in [0.29, 0.717) is 0 Å². The first-order valence-electron chi connectivity index (χ1n) is 5.81. The Morgan fingerprint density at radius 3 is 2.94 bits per heavy atom. The largest absolute Gasteiger partial charge is 0.310 e. The summed E-state index contributed by atoms with van der Waals surface area (Å²) in [5.74, 6) is 2.68. The smallest absolute Gasteiger partial charge is 0.0595 e. The van der Waals surface area contributed by atoms with E-state index in [-0.39, 0.29) is 6.04 Å². The Kier molecular flexibility index (Phi) is 6.65. The minimum absolute atomic E-state index is 0.232. The molecule has 0 aliphatic carbocycles. The predicted molar refractivity (Wildman–Crippen MR) is 78.3 cm³/mol. The van der Waals surface area contributed by atoms with Gasteiger partial charge in [0.05, 0.1) is 5.02 Å². The Morgan fingerprint density at radius 1 is 1.53 bits per heavy atom. The van der Waals surface area contributed by atoms with Gasteiger partial charge >= 0.3 is 0 Å². The zero-order chi connectivity index (χ0) is 12.7. The maximum atomic E-state index is 6.31. The molecule has 3 heteroatoms. The molecule has 1 unspecified atom stereocenters. The van der Waals surface area contributed by atoms with Crippen LogP contribution in [0.15, 0.2) is 22.7 Å². The minimum atomic E-state index is 0.232. The molecule has 0 bridgehead atoms. The van der Waals surface area contributed by atoms with Crippen LogP contribution in [0.4, 0.5) is 0 Å². The Hall–Kier alpha value is -0.490. The monoisotopic (exact) mass is 313 g/mol. The molecule has 1 atom stereocenters. The number of hydrogen-bond donors (Lipinski definition) is 1. The summed E-state index contributed by atoms with van der Waals surface area (Å²) >= 11 is 9.76. The van der Waals surface area contributed by atoms with Gasteiger partial charge < -0.3 is 5.32 Å². The van der Waals surface area contributed by atoms with E-state index in [2.05, 4.69) is 40.2 Å². The van der Waals surface area contributed by atoms with Crippen LogP contribution in [0.3, 0.4) is 0 Å². The molecule has 17 heavy (non-hydrogen) atoms. The standard InChI is InChI=1S/C14H17BrClN/c1-3-5-9-13(17-10-4-2)11-7-6-8-12(15)14(11)16/h1,6-8,13,17H,4-5,9-10H2,2H3. The Labute approximate surface area is 117 Å². The average molecular weight is 315 g/mol. The molecule has 0 radical (unpaired) electrons. The van der Waals surface area contributed by atoms with Gasteiger partial charge in [-0.05, 0) is 46.9 Å². The second-order valence-electron chi connectivity index (χ2n) is 3.89. The topological polar surface area (TPSA) is 12.0 Å². The lowest BCUT2D eigenvalue weighted by atomic mass is 10.0. The van der Waals surface area contributed by atoms with Crippen LogP contribution in [0.5, 0.6) is 0 Å². The molecule has 0 spiro atoms. The van der Waals surface area contributed by atoms with E-state index < -0.39 is 0 Å². The number of nitrogens with one attached hydrogen (secondary N) is 1. The van der Waals surface area contributed by atoms with Crippen molar-refractivity contribution in [1.82, 2.24) is 5.32 Å². The lowest BCUT2D eigenvalue weighted by molar-refractivity contribution is 0.505. The summed E-state index contributed by atoms with van der Waals surface area (Å²) in [6.07, 6.45) is 8.09. The predicted octanol–water partition coefficient (Wildman–Crippen LogP) is 4.56. The van der Waals surface area contributed by atoms with Gasteiger partial charge in [-0.15, -0.1) is 12.3 Å². The van der Waals surface area contributed by atoms with E-state index in [1.807, 2.05) is 12.1 Å². The zero-order valence-corrected chi connectivity index (χ0v) is 12.3. The van der Waals surface area contributed by atoms with E-state index in [4.69, 9.17) is 18.0 Å². The van der Waals surface area contributed by atoms with Crippen LogP contribution >= 0.6 is 27.5 Å². The van der Waals surface area contributed by atoms with Crippen LogP contribution in [0, 0.1) is 12.3 Å². The van der Waals surface area contributed by atoms with Gasteiger partial charge in [0.25, 0.3) is 0 Å². The van der Waals surface area contributed by atoms with Crippen molar-refractivity contribution < 1.29 is 0 Å². The third kappa shape index (κ3) is 4.35. The molecule has 1 rings (SSSR count). The van der Waals surface area contributed by atoms with Gasteiger partial charge in [-0.25, -0.2) is 0 Å². The second kappa shape index (κ2) is 7.76. The first kappa shape index (κ1) is 14.6. The normalized spacial score (nSPS) is 12.1. The molecule has 0 saturated heterocycles. The first-order valence-corrected chi connectivity index (χ1v) is 6.98. The van der Waals surface area contributed by atoms with Crippen molar-refractivity contribution in [1.29, 1.82) is 0 Å². The van der Waals surface area contributed by atoms with Crippen LogP contribution < -0.4 is 5.32 Å². The van der Waals surface area contributed by atoms with Crippen molar-refractivity contribution in [2.45, 2.75) is 32.2 Å². The molecule has 1 nitrogen and oxygen atoms in total. The number of hydrogen-bond acceptors (Lipinski definition) is 1. The molecular weight excluding hydrogens is 298 g/mol. The van der Waals surface area contributed by atoms with Crippen molar-refractivity contribution in [2.75, 3.05) is 6.54 Å². The number of benzene rings is 1. The molecule has 0 aliphatic rings. The highest BCUT2D eigenvalue weighted by atomic mass is 79.9. The zero-order valence-electron chi connectivity index (χ0n) is 9.97. The average Bonchev–Trinajstić information content (AvgIpc) is 2.34. The number of rotatable bonds is 6. The van der Waals surface area contributed by atoms with Gasteiger partial charge in [-0.1, -0.05) is 30.7 Å². The van der Waals surface area contributed by atoms with Gasteiger partial charge in [-0.3, -0.25) is 0 Å². The molecular formula is C14H17BrClN. The van der Waals surface area contributed by atoms with Crippen molar-refractivity contribution >= 4 is 27.5 Å². The van der Waals surface area contributed by atoms with Gasteiger partial charge in [0, 0.05) is 16.9 Å². The van der Waals surface area contributed by atoms with Gasteiger partial charge in [-0.2, -0.15) is 0 Å². The van der Waals surface area contributed by atoms with Crippen molar-refractivity contribution in [2.24, 2.45) is 0 Å². The van der Waals surface area contributed by atoms with Crippen molar-refractivity contribution in [3.8, 4) is 12.3 Å². The third-order valence-electron chi connectivity index (χ3n) is 2.57. The van der Waals surface area contributed by atoms with Crippen LogP contribution in [0.25, 0.3) is 0 Å². The lowest BCUT2D eigenvalue weighted by Crippen LogP contribution is -2.22. The van der Waals surface area contributed by atoms with Crippen LogP contribution in [0.1, 0.15) is 37.8 Å². The molecule has 0 heterocycles. The molecule has 92 valence electrons. The molecule has 0 fully saturated rings. The Balaban J connectivity index is 2.87. The highest BCUT2D eigenvalue weighted by Crippen LogP contribution is 2.32. The maximum Gasteiger partial charge on any atom is 0.0595 e. The van der Waals surface area contributed by atoms with Crippen molar-refractivity contribution in [3.63, 3.8) is 0 Å². The summed E-state index contributed by atoms with van der Waals surface area (Å²) in [7, 11) is 0. The summed E-state index contributed by atoms with van der Waals surface area (Å²) in [5.41, 5.74) is 1.12. The fourth-order valence-electron chi connectivity index (χ4n) is 1.70. The lowest BCUT2D eigenvalue weighted by Gasteiger charge is -2.19. The SMILES string of the molecule is C#CCCC(NCCC)c1cccc(Br)c1Cl. The summed E-state index contributed by atoms with van der Waals surface area (Å²) in [6.45, 7) is 3.12. The molecule has 1 aromatic carbocycles. The van der Waals surface area contributed by atoms with Crippen molar-refractivity contribution in [3.05, 3.63) is 33.3 Å². The van der Waals surface area contributed by atoms with E-state index in [0.717, 1.165) is 40.9 Å². The highest BCUT2D eigenvalue weighted by molar-refractivity contribution is 9.10. The second-order valence-corrected chi connectivity index (χ2v) is 5.12. The van der Waals surface area contributed by atoms with Gasteiger partial charge in [0.1, 0.15) is 0 Å². The molecule has 0 amide bonds. The minimum Gasteiger partial charge on any atom is -0.310 e. The van der Waals surface area contributed by atoms with E-state index in [1.54, 1.807) is 0 Å². The van der Waals surface area contributed by atoms with Gasteiger partial charge in [0.15, 0.2) is 0 Å². The maximum absolute atomic E-state index is 6.31. The number of halogens is 2. The van der Waals surface area contributed by atoms with E-state index in [9.17, 15) is 0 Å². The fraction of sp³-hybridized carbons (Fsp3) is 0.429. The van der Waals surface area contributed by atoms with Crippen LogP contribution in [-0.2, 0) is 0 Å². The summed E-state index contributed by atoms with van der Waals surface area (Å²) < 4.78 is 0.931. The summed E-state index contributed by atoms with van der Waals surface area (Å²) in [6, 6.07) is 6.24. The summed E-state index contributed by atoms with van der Waals surface area (Å²) in [4.78, 5) is 0. The number of terminal acetylenes is 1. The third-order valence-corrected chi connectivity index (χ3v) is 3.89. The molecule has 0 aliphatic heterocycles. The quantitative estimate of drug-likeness (QED) is 0.759. The van der Waals surface area contributed by atoms with Crippen LogP contribution in [0.2, 0.25) is 5.02 Å². The fourth-order valence-corrected chi connectivity index (χ4v) is 2.34. The molecule has 1 N–H and O–H groups in total. The molecule has 0 saturated carbocycles. The molecule has 1 aromatic rings. The Bertz CT molecular complexity index is 398. The highest BCUT2D eigenvalue weighted by Gasteiger charge is 2.14. The van der Waals surface area contributed by atoms with E-state index >= 15 is 0 Å². The summed E-state index contributed by atoms with van der Waals surface area (Å²) in [5, 5.41) is 4.26. The molecule has 0 aromatic heterocycles. The Morgan fingerprint density at radius 2 is 2.29 bits per heavy atom. The van der Waals surface area contributed by atoms with Gasteiger partial charge in [0.2, 0.25) is 0 Å².